The van der Waals surface area contributed by atoms with Gasteiger partial charge in [-0.05, 0) is 12.1 Å². The number of benzene rings is 4. The van der Waals surface area contributed by atoms with E-state index in [0.717, 1.165) is 0 Å². The molecule has 12 N–H and O–H groups in total. The van der Waals surface area contributed by atoms with Crippen LogP contribution in [0.2, 0.25) is 0 Å². The molecule has 2 bridgehead atoms. The van der Waals surface area contributed by atoms with E-state index in [4.69, 9.17) is 27.8 Å². The average molecular weight is 783 g/mol. The molecule has 22 heteroatoms. The van der Waals surface area contributed by atoms with E-state index in [1.165, 1.54) is 0 Å². The van der Waals surface area contributed by atoms with Crippen LogP contribution in [0.15, 0.2) is 36.6 Å². The number of carbonyl (C=O) groups excluding carboxylic acids is 2. The number of phenolic OH excluding ortho intramolecular Hbond substituents is 9. The molecule has 2 aliphatic rings. The Kier molecular flexibility index (Phi) is 7.67. The van der Waals surface area contributed by atoms with Crippen molar-refractivity contribution in [1.82, 2.24) is 0 Å². The van der Waals surface area contributed by atoms with Crippen molar-refractivity contribution in [3.05, 3.63) is 50.2 Å². The minimum absolute atomic E-state index is 0.451. The van der Waals surface area contributed by atoms with E-state index >= 15 is 0 Å². The number of aliphatic hydroxyl groups is 3. The van der Waals surface area contributed by atoms with Gasteiger partial charge in [0.1, 0.15) is 30.5 Å². The Morgan fingerprint density at radius 2 is 1.18 bits per heavy atom. The van der Waals surface area contributed by atoms with Gasteiger partial charge in [-0.1, -0.05) is 0 Å². The van der Waals surface area contributed by atoms with Crippen LogP contribution >= 0.6 is 0 Å². The first-order valence-corrected chi connectivity index (χ1v) is 15.7. The van der Waals surface area contributed by atoms with E-state index in [2.05, 4.69) is 0 Å². The van der Waals surface area contributed by atoms with E-state index < -0.39 is 179 Å². The van der Waals surface area contributed by atoms with Crippen LogP contribution in [0.3, 0.4) is 0 Å². The van der Waals surface area contributed by atoms with E-state index in [9.17, 15) is 80.5 Å². The van der Waals surface area contributed by atoms with Gasteiger partial charge in [0.2, 0.25) is 28.7 Å². The van der Waals surface area contributed by atoms with Crippen molar-refractivity contribution in [2.45, 2.75) is 30.7 Å². The molecule has 22 nitrogen and oxygen atoms in total. The van der Waals surface area contributed by atoms with Crippen molar-refractivity contribution < 1.29 is 98.6 Å². The highest BCUT2D eigenvalue weighted by Crippen LogP contribution is 2.56. The fourth-order valence-electron chi connectivity index (χ4n) is 6.67. The maximum absolute atomic E-state index is 14.1. The highest BCUT2D eigenvalue weighted by molar-refractivity contribution is 6.26. The number of hydrogen-bond donors (Lipinski definition) is 12. The molecule has 1 saturated heterocycles. The molecule has 290 valence electrons. The van der Waals surface area contributed by atoms with E-state index in [1.807, 2.05) is 0 Å². The van der Waals surface area contributed by atoms with Crippen LogP contribution in [0.25, 0.3) is 43.8 Å². The zero-order valence-electron chi connectivity index (χ0n) is 27.3. The summed E-state index contributed by atoms with van der Waals surface area (Å²) in [4.78, 5) is 54.8. The molecule has 8 rings (SSSR count). The van der Waals surface area contributed by atoms with Crippen molar-refractivity contribution >= 4 is 44.6 Å². The smallest absolute Gasteiger partial charge is 0.345 e. The number of fused-ring (bicyclic) bond motifs is 5. The topological polar surface area (TPSA) is 374 Å². The van der Waals surface area contributed by atoms with E-state index in [1.54, 1.807) is 0 Å². The lowest BCUT2D eigenvalue weighted by Crippen LogP contribution is -2.60. The Balaban J connectivity index is 1.54. The fourth-order valence-corrected chi connectivity index (χ4v) is 6.67. The van der Waals surface area contributed by atoms with Crippen LogP contribution in [-0.4, -0.2) is 111 Å². The molecule has 2 aliphatic heterocycles. The molecular weight excluding hydrogens is 760 g/mol. The van der Waals surface area contributed by atoms with Gasteiger partial charge in [-0.15, -0.1) is 0 Å². The quantitative estimate of drug-likeness (QED) is 0.0430. The molecular formula is C34H22O22. The first-order chi connectivity index (χ1) is 26.4. The molecule has 4 aromatic carbocycles. The summed E-state index contributed by atoms with van der Waals surface area (Å²) in [6, 6.07) is 1.64. The predicted octanol–water partition coefficient (Wildman–Crippen LogP) is 0.435. The number of carbonyl (C=O) groups is 2. The zero-order chi connectivity index (χ0) is 40.4. The third-order valence-electron chi connectivity index (χ3n) is 9.32. The maximum atomic E-state index is 14.1. The number of rotatable bonds is 0. The van der Waals surface area contributed by atoms with Gasteiger partial charge < -0.3 is 89.1 Å². The third-order valence-corrected chi connectivity index (χ3v) is 9.32. The molecule has 0 radical (unpaired) electrons. The number of ether oxygens (including phenoxy) is 4. The van der Waals surface area contributed by atoms with Crippen molar-refractivity contribution in [3.8, 4) is 74.4 Å². The second kappa shape index (κ2) is 12.1. The molecule has 0 aliphatic carbocycles. The van der Waals surface area contributed by atoms with Crippen molar-refractivity contribution in [1.29, 1.82) is 0 Å². The molecule has 56 heavy (non-hydrogen) atoms. The van der Waals surface area contributed by atoms with Crippen LogP contribution in [0.4, 0.5) is 0 Å². The van der Waals surface area contributed by atoms with Gasteiger partial charge in [-0.2, -0.15) is 0 Å². The van der Waals surface area contributed by atoms with Crippen molar-refractivity contribution in [2.24, 2.45) is 0 Å². The van der Waals surface area contributed by atoms with Crippen molar-refractivity contribution in [2.75, 3.05) is 6.61 Å². The van der Waals surface area contributed by atoms with Gasteiger partial charge in [0, 0.05) is 28.0 Å². The summed E-state index contributed by atoms with van der Waals surface area (Å²) in [6.45, 7) is -1.10. The SMILES string of the molecule is O=C1OC[C@H]2OC(O)[C@H](O)[C@@H](O)[C@@H]2OC(=O)c2cc(O)c(O)c(O)c2-c2c(O)c(O)c3oc(=O)c4cc(O)c(c5oc(=O)c2c3c54)Oc2c1cc(O)c(O)c2O. The summed E-state index contributed by atoms with van der Waals surface area (Å²) >= 11 is 0. The summed E-state index contributed by atoms with van der Waals surface area (Å²) in [5, 5.41) is 126. The third kappa shape index (κ3) is 4.83. The second-order valence-electron chi connectivity index (χ2n) is 12.5. The summed E-state index contributed by atoms with van der Waals surface area (Å²) in [5.74, 6) is -17.0. The van der Waals surface area contributed by atoms with Crippen LogP contribution < -0.4 is 16.0 Å². The van der Waals surface area contributed by atoms with Gasteiger partial charge >= 0.3 is 23.2 Å². The molecule has 0 saturated carbocycles. The number of phenols is 9. The average Bonchev–Trinajstić information content (AvgIpc) is 3.15. The zero-order valence-corrected chi connectivity index (χ0v) is 27.3. The minimum atomic E-state index is -2.27. The Labute approximate surface area is 305 Å². The first kappa shape index (κ1) is 35.6. The van der Waals surface area contributed by atoms with Gasteiger partial charge in [-0.3, -0.25) is 0 Å². The Bertz CT molecular complexity index is 2840. The van der Waals surface area contributed by atoms with Crippen LogP contribution in [0, 0.1) is 0 Å². The second-order valence-corrected chi connectivity index (χ2v) is 12.5. The first-order valence-electron chi connectivity index (χ1n) is 15.7. The predicted molar refractivity (Wildman–Crippen MR) is 177 cm³/mol. The highest BCUT2D eigenvalue weighted by Gasteiger charge is 2.48. The molecule has 6 aromatic rings. The largest absolute Gasteiger partial charge is 0.504 e. The molecule has 1 fully saturated rings. The maximum Gasteiger partial charge on any atom is 0.345 e. The molecule has 2 aromatic heterocycles. The lowest BCUT2D eigenvalue weighted by atomic mass is 9.90. The molecule has 0 spiro atoms. The fraction of sp³-hybridized carbons (Fsp3) is 0.176. The number of hydrogen-bond acceptors (Lipinski definition) is 22. The summed E-state index contributed by atoms with van der Waals surface area (Å²) < 4.78 is 32.0. The van der Waals surface area contributed by atoms with Gasteiger partial charge in [0.25, 0.3) is 0 Å². The number of aromatic hydroxyl groups is 9. The summed E-state index contributed by atoms with van der Waals surface area (Å²) in [7, 11) is 0. The normalized spacial score (nSPS) is 21.4. The Morgan fingerprint density at radius 3 is 1.88 bits per heavy atom. The molecule has 1 unspecified atom stereocenters. The minimum Gasteiger partial charge on any atom is -0.504 e. The Hall–Kier alpha value is -7.40. The molecule has 5 atom stereocenters. The Morgan fingerprint density at radius 1 is 0.554 bits per heavy atom. The number of aliphatic hydroxyl groups excluding tert-OH is 3. The van der Waals surface area contributed by atoms with Gasteiger partial charge in [-0.25, -0.2) is 19.2 Å². The highest BCUT2D eigenvalue weighted by atomic mass is 16.7. The number of cyclic esters (lactones) is 1. The summed E-state index contributed by atoms with van der Waals surface area (Å²) in [6.07, 6.45) is -10.7. The lowest BCUT2D eigenvalue weighted by Gasteiger charge is -2.40. The van der Waals surface area contributed by atoms with Crippen molar-refractivity contribution in [3.63, 3.8) is 0 Å². The van der Waals surface area contributed by atoms with Gasteiger partial charge in [0.05, 0.1) is 16.3 Å². The molecule has 0 amide bonds. The van der Waals surface area contributed by atoms with Crippen LogP contribution in [0.5, 0.6) is 63.2 Å². The molecule has 4 heterocycles. The summed E-state index contributed by atoms with van der Waals surface area (Å²) in [5.41, 5.74) is -8.88. The van der Waals surface area contributed by atoms with E-state index in [-0.39, 0.29) is 0 Å². The van der Waals surface area contributed by atoms with Gasteiger partial charge in [0.15, 0.2) is 58.1 Å². The van der Waals surface area contributed by atoms with E-state index in [0.29, 0.717) is 18.2 Å². The monoisotopic (exact) mass is 782 g/mol. The number of esters is 2. The standard InChI is InChI=1S/C34H22O22/c35-8-1-5-12(19(40)17(8)38)14-16-15-13-6(32(48)55-28(15)22(43)20(14)41)2-10(37)26(29(13)56-33(16)49)53-25-7(3-9(36)18(39)21(25)42)30(46)51-4-11-27(54-31(5)47)23(44)24(45)34(50)52-11/h1-3,11,23-24,27,34-45,50H,4H2/t11-,23-,24-,27-,34?/m1/s1. The van der Waals surface area contributed by atoms with Crippen LogP contribution in [0.1, 0.15) is 20.7 Å². The van der Waals surface area contributed by atoms with Crippen LogP contribution in [-0.2, 0) is 14.2 Å². The lowest BCUT2D eigenvalue weighted by molar-refractivity contribution is -0.285.